The van der Waals surface area contributed by atoms with Crippen molar-refractivity contribution in [3.05, 3.63) is 77.5 Å². The van der Waals surface area contributed by atoms with Crippen LogP contribution in [0.15, 0.2) is 60.4 Å². The van der Waals surface area contributed by atoms with Crippen LogP contribution in [0.2, 0.25) is 0 Å². The van der Waals surface area contributed by atoms with Crippen molar-refractivity contribution in [1.82, 2.24) is 0 Å². The maximum absolute atomic E-state index is 5.57. The molecule has 18 heavy (non-hydrogen) atoms. The minimum atomic E-state index is 0.302. The highest BCUT2D eigenvalue weighted by molar-refractivity contribution is 5.63. The first-order valence-corrected chi connectivity index (χ1v) is 5.92. The van der Waals surface area contributed by atoms with Crippen molar-refractivity contribution >= 4 is 5.76 Å². The molecule has 1 aliphatic rings. The third-order valence-electron chi connectivity index (χ3n) is 2.88. The Balaban J connectivity index is 1.90. The monoisotopic (exact) mass is 237 g/mol. The van der Waals surface area contributed by atoms with E-state index in [9.17, 15) is 0 Å². The molecule has 1 heterocycles. The lowest BCUT2D eigenvalue weighted by molar-refractivity contribution is 0.0857. The average Bonchev–Trinajstić information content (AvgIpc) is 2.89. The summed E-state index contributed by atoms with van der Waals surface area (Å²) in [5.74, 6) is 1.74. The molecule has 0 saturated carbocycles. The fourth-order valence-corrected chi connectivity index (χ4v) is 2.00. The Hall–Kier alpha value is -2.22. The summed E-state index contributed by atoms with van der Waals surface area (Å²) < 4.78 is 11.1. The van der Waals surface area contributed by atoms with Gasteiger partial charge in [0.1, 0.15) is 5.76 Å². The zero-order chi connectivity index (χ0) is 12.2. The van der Waals surface area contributed by atoms with E-state index in [2.05, 4.69) is 18.2 Å². The predicted molar refractivity (Wildman–Crippen MR) is 69.4 cm³/mol. The van der Waals surface area contributed by atoms with Gasteiger partial charge in [-0.2, -0.15) is 0 Å². The lowest BCUT2D eigenvalue weighted by Gasteiger charge is -2.04. The van der Waals surface area contributed by atoms with Crippen LogP contribution in [-0.4, -0.2) is 6.79 Å². The molecule has 1 radical (unpaired) electrons. The molecule has 2 aromatic rings. The third-order valence-corrected chi connectivity index (χ3v) is 2.88. The minimum Gasteiger partial charge on any atom is -0.458 e. The van der Waals surface area contributed by atoms with Crippen molar-refractivity contribution in [2.24, 2.45) is 0 Å². The number of benzene rings is 2. The highest BCUT2D eigenvalue weighted by atomic mass is 16.7. The standard InChI is InChI=1S/C16H13O2/c1-3-7-13(8-4-1)11-15-16(18-12-17-15)14-9-5-2-6-10-14/h1,3-10H,11-12H2. The zero-order valence-electron chi connectivity index (χ0n) is 9.93. The van der Waals surface area contributed by atoms with Crippen LogP contribution in [0.5, 0.6) is 0 Å². The largest absolute Gasteiger partial charge is 0.458 e. The van der Waals surface area contributed by atoms with E-state index in [1.165, 1.54) is 5.56 Å². The molecule has 89 valence electrons. The summed E-state index contributed by atoms with van der Waals surface area (Å²) in [6.45, 7) is 0.302. The average molecular weight is 237 g/mol. The van der Waals surface area contributed by atoms with Crippen molar-refractivity contribution in [2.45, 2.75) is 6.42 Å². The summed E-state index contributed by atoms with van der Waals surface area (Å²) in [6.07, 6.45) is 0.759. The molecule has 2 nitrogen and oxygen atoms in total. The van der Waals surface area contributed by atoms with E-state index >= 15 is 0 Å². The summed E-state index contributed by atoms with van der Waals surface area (Å²) in [7, 11) is 0. The van der Waals surface area contributed by atoms with Gasteiger partial charge in [0, 0.05) is 12.0 Å². The fraction of sp³-hybridized carbons (Fsp3) is 0.125. The molecule has 0 N–H and O–H groups in total. The third kappa shape index (κ3) is 2.23. The lowest BCUT2D eigenvalue weighted by atomic mass is 10.1. The van der Waals surface area contributed by atoms with Gasteiger partial charge >= 0.3 is 0 Å². The molecule has 0 saturated heterocycles. The summed E-state index contributed by atoms with van der Waals surface area (Å²) in [5.41, 5.74) is 2.26. The van der Waals surface area contributed by atoms with E-state index in [1.807, 2.05) is 42.5 Å². The fourth-order valence-electron chi connectivity index (χ4n) is 2.00. The first-order valence-electron chi connectivity index (χ1n) is 5.92. The van der Waals surface area contributed by atoms with Crippen LogP contribution in [0.3, 0.4) is 0 Å². The van der Waals surface area contributed by atoms with Gasteiger partial charge in [-0.1, -0.05) is 54.6 Å². The highest BCUT2D eigenvalue weighted by Gasteiger charge is 2.19. The second-order valence-corrected chi connectivity index (χ2v) is 4.11. The number of rotatable bonds is 3. The molecule has 2 aromatic carbocycles. The smallest absolute Gasteiger partial charge is 0.230 e. The Bertz CT molecular complexity index is 544. The lowest BCUT2D eigenvalue weighted by Crippen LogP contribution is -1.93. The first-order chi connectivity index (χ1) is 8.93. The highest BCUT2D eigenvalue weighted by Crippen LogP contribution is 2.28. The molecular formula is C16H13O2. The molecule has 3 rings (SSSR count). The molecular weight excluding hydrogens is 224 g/mol. The Labute approximate surface area is 106 Å². The van der Waals surface area contributed by atoms with E-state index in [0.717, 1.165) is 23.5 Å². The number of allylic oxidation sites excluding steroid dienone is 1. The molecule has 0 atom stereocenters. The number of hydrogen-bond acceptors (Lipinski definition) is 2. The molecule has 2 heteroatoms. The SMILES string of the molecule is [c]1ccc(C2=C(Cc3ccccc3)OCO2)cc1. The van der Waals surface area contributed by atoms with Crippen molar-refractivity contribution in [1.29, 1.82) is 0 Å². The molecule has 0 unspecified atom stereocenters. The van der Waals surface area contributed by atoms with Crippen molar-refractivity contribution in [2.75, 3.05) is 6.79 Å². The Kier molecular flexibility index (Phi) is 3.01. The van der Waals surface area contributed by atoms with Crippen LogP contribution in [0.25, 0.3) is 5.76 Å². The molecule has 1 aliphatic heterocycles. The zero-order valence-corrected chi connectivity index (χ0v) is 9.93. The van der Waals surface area contributed by atoms with Crippen LogP contribution in [0, 0.1) is 6.07 Å². The van der Waals surface area contributed by atoms with Crippen LogP contribution in [0.4, 0.5) is 0 Å². The second kappa shape index (κ2) is 4.96. The van der Waals surface area contributed by atoms with Gasteiger partial charge in [-0.15, -0.1) is 0 Å². The summed E-state index contributed by atoms with van der Waals surface area (Å²) in [6, 6.07) is 21.0. The predicted octanol–water partition coefficient (Wildman–Crippen LogP) is 3.40. The summed E-state index contributed by atoms with van der Waals surface area (Å²) in [5, 5.41) is 0. The van der Waals surface area contributed by atoms with E-state index < -0.39 is 0 Å². The van der Waals surface area contributed by atoms with Crippen LogP contribution in [0.1, 0.15) is 11.1 Å². The van der Waals surface area contributed by atoms with E-state index in [0.29, 0.717) is 6.79 Å². The molecule has 0 aliphatic carbocycles. The van der Waals surface area contributed by atoms with Gasteiger partial charge in [0.05, 0.1) is 0 Å². The molecule has 0 spiro atoms. The number of hydrogen-bond donors (Lipinski definition) is 0. The minimum absolute atomic E-state index is 0.302. The topological polar surface area (TPSA) is 18.5 Å². The van der Waals surface area contributed by atoms with Crippen molar-refractivity contribution in [3.63, 3.8) is 0 Å². The van der Waals surface area contributed by atoms with Gasteiger partial charge in [0.15, 0.2) is 5.76 Å². The van der Waals surface area contributed by atoms with Gasteiger partial charge in [-0.25, -0.2) is 0 Å². The van der Waals surface area contributed by atoms with Crippen LogP contribution < -0.4 is 0 Å². The van der Waals surface area contributed by atoms with Gasteiger partial charge in [-0.05, 0) is 11.6 Å². The van der Waals surface area contributed by atoms with Gasteiger partial charge in [0.25, 0.3) is 0 Å². The van der Waals surface area contributed by atoms with Crippen LogP contribution >= 0.6 is 0 Å². The summed E-state index contributed by atoms with van der Waals surface area (Å²) in [4.78, 5) is 0. The van der Waals surface area contributed by atoms with E-state index in [4.69, 9.17) is 9.47 Å². The van der Waals surface area contributed by atoms with E-state index in [1.54, 1.807) is 0 Å². The maximum atomic E-state index is 5.57. The second-order valence-electron chi connectivity index (χ2n) is 4.11. The summed E-state index contributed by atoms with van der Waals surface area (Å²) >= 11 is 0. The van der Waals surface area contributed by atoms with E-state index in [-0.39, 0.29) is 0 Å². The number of ether oxygens (including phenoxy) is 2. The Morgan fingerprint density at radius 2 is 1.72 bits per heavy atom. The van der Waals surface area contributed by atoms with Gasteiger partial charge < -0.3 is 9.47 Å². The molecule has 0 fully saturated rings. The Morgan fingerprint density at radius 3 is 2.50 bits per heavy atom. The normalized spacial score (nSPS) is 14.2. The molecule has 0 aromatic heterocycles. The van der Waals surface area contributed by atoms with Crippen molar-refractivity contribution in [3.8, 4) is 0 Å². The van der Waals surface area contributed by atoms with Crippen LogP contribution in [-0.2, 0) is 15.9 Å². The Morgan fingerprint density at radius 1 is 0.944 bits per heavy atom. The molecule has 0 bridgehead atoms. The van der Waals surface area contributed by atoms with Gasteiger partial charge in [0.2, 0.25) is 6.79 Å². The van der Waals surface area contributed by atoms with Crippen molar-refractivity contribution < 1.29 is 9.47 Å². The molecule has 0 amide bonds. The first kappa shape index (κ1) is 10.9. The maximum Gasteiger partial charge on any atom is 0.230 e. The van der Waals surface area contributed by atoms with Gasteiger partial charge in [-0.3, -0.25) is 0 Å². The quantitative estimate of drug-likeness (QED) is 0.814.